The van der Waals surface area contributed by atoms with E-state index < -0.39 is 0 Å². The van der Waals surface area contributed by atoms with E-state index in [9.17, 15) is 0 Å². The summed E-state index contributed by atoms with van der Waals surface area (Å²) in [6.07, 6.45) is 4.90. The molecule has 2 aromatic heterocycles. The van der Waals surface area contributed by atoms with Gasteiger partial charge in [-0.25, -0.2) is 4.98 Å². The van der Waals surface area contributed by atoms with Crippen molar-refractivity contribution in [1.29, 1.82) is 0 Å². The first-order valence-electron chi connectivity index (χ1n) is 7.40. The minimum absolute atomic E-state index is 0. The summed E-state index contributed by atoms with van der Waals surface area (Å²) in [6.45, 7) is 4.75. The van der Waals surface area contributed by atoms with Gasteiger partial charge in [0.1, 0.15) is 5.65 Å². The minimum atomic E-state index is 0. The molecule has 3 heterocycles. The third kappa shape index (κ3) is 4.76. The molecule has 1 aliphatic heterocycles. The van der Waals surface area contributed by atoms with Crippen molar-refractivity contribution in [2.45, 2.75) is 13.3 Å². The minimum Gasteiger partial charge on any atom is -0.370 e. The maximum absolute atomic E-state index is 6.07. The SMILES string of the molecule is Cc1cc(Br)cn2cc(CCN=C(N)N3CCSCC3)nc12.I. The summed E-state index contributed by atoms with van der Waals surface area (Å²) in [5.41, 5.74) is 9.28. The highest BCUT2D eigenvalue weighted by Gasteiger charge is 2.12. The van der Waals surface area contributed by atoms with Gasteiger partial charge in [0.15, 0.2) is 5.96 Å². The maximum atomic E-state index is 6.07. The van der Waals surface area contributed by atoms with Crippen molar-refractivity contribution in [3.63, 3.8) is 0 Å². The molecule has 0 bridgehead atoms. The fourth-order valence-electron chi connectivity index (χ4n) is 2.57. The summed E-state index contributed by atoms with van der Waals surface area (Å²) < 4.78 is 3.12. The average Bonchev–Trinajstić information content (AvgIpc) is 2.91. The molecule has 0 unspecified atom stereocenters. The average molecular weight is 510 g/mol. The van der Waals surface area contributed by atoms with Gasteiger partial charge in [-0.1, -0.05) is 0 Å². The van der Waals surface area contributed by atoms with E-state index in [1.54, 1.807) is 0 Å². The quantitative estimate of drug-likeness (QED) is 0.392. The van der Waals surface area contributed by atoms with Crippen LogP contribution in [0.2, 0.25) is 0 Å². The lowest BCUT2D eigenvalue weighted by Gasteiger charge is -2.27. The second-order valence-electron chi connectivity index (χ2n) is 5.39. The molecule has 0 radical (unpaired) electrons. The number of pyridine rings is 1. The van der Waals surface area contributed by atoms with Gasteiger partial charge in [-0.3, -0.25) is 4.99 Å². The molecule has 0 aliphatic carbocycles. The summed E-state index contributed by atoms with van der Waals surface area (Å²) in [6, 6.07) is 2.08. The Kier molecular flexibility index (Phi) is 7.02. The summed E-state index contributed by atoms with van der Waals surface area (Å²) in [7, 11) is 0. The number of halogens is 2. The Bertz CT molecular complexity index is 696. The van der Waals surface area contributed by atoms with Crippen molar-refractivity contribution in [1.82, 2.24) is 14.3 Å². The molecule has 23 heavy (non-hydrogen) atoms. The summed E-state index contributed by atoms with van der Waals surface area (Å²) >= 11 is 5.49. The Hall–Kier alpha value is -0.480. The zero-order valence-corrected chi connectivity index (χ0v) is 17.8. The Balaban J connectivity index is 0.00000192. The van der Waals surface area contributed by atoms with E-state index in [0.717, 1.165) is 52.4 Å². The monoisotopic (exact) mass is 509 g/mol. The molecule has 5 nitrogen and oxygen atoms in total. The Morgan fingerprint density at radius 2 is 2.13 bits per heavy atom. The van der Waals surface area contributed by atoms with Gasteiger partial charge in [0.25, 0.3) is 0 Å². The lowest BCUT2D eigenvalue weighted by Crippen LogP contribution is -2.42. The standard InChI is InChI=1S/C15H20BrN5S.HI/c1-11-8-12(16)9-21-10-13(19-14(11)21)2-3-18-15(17)20-4-6-22-7-5-20;/h8-10H,2-7H2,1H3,(H2,17,18);1H. The van der Waals surface area contributed by atoms with Crippen LogP contribution >= 0.6 is 51.7 Å². The molecule has 3 rings (SSSR count). The van der Waals surface area contributed by atoms with E-state index in [-0.39, 0.29) is 24.0 Å². The predicted octanol–water partition coefficient (Wildman–Crippen LogP) is 2.93. The van der Waals surface area contributed by atoms with Crippen LogP contribution in [0, 0.1) is 6.92 Å². The molecule has 0 amide bonds. The summed E-state index contributed by atoms with van der Waals surface area (Å²) in [5.74, 6) is 2.94. The zero-order chi connectivity index (χ0) is 15.5. The molecule has 1 saturated heterocycles. The van der Waals surface area contributed by atoms with E-state index in [1.807, 2.05) is 18.0 Å². The van der Waals surface area contributed by atoms with E-state index in [4.69, 9.17) is 5.73 Å². The lowest BCUT2D eigenvalue weighted by molar-refractivity contribution is 0.456. The van der Waals surface area contributed by atoms with Crippen LogP contribution in [0.5, 0.6) is 0 Å². The number of aromatic nitrogens is 2. The second-order valence-corrected chi connectivity index (χ2v) is 7.53. The second kappa shape index (κ2) is 8.57. The molecule has 1 fully saturated rings. The first-order chi connectivity index (χ1) is 10.6. The molecule has 0 spiro atoms. The number of aliphatic imine (C=N–C) groups is 1. The highest BCUT2D eigenvalue weighted by atomic mass is 127. The number of nitrogens with zero attached hydrogens (tertiary/aromatic N) is 4. The number of hydrogen-bond acceptors (Lipinski definition) is 3. The van der Waals surface area contributed by atoms with E-state index in [0.29, 0.717) is 12.5 Å². The number of guanidine groups is 1. The molecule has 126 valence electrons. The summed E-state index contributed by atoms with van der Waals surface area (Å²) in [4.78, 5) is 11.4. The van der Waals surface area contributed by atoms with Crippen LogP contribution < -0.4 is 5.73 Å². The topological polar surface area (TPSA) is 58.9 Å². The highest BCUT2D eigenvalue weighted by molar-refractivity contribution is 14.0. The van der Waals surface area contributed by atoms with Crippen LogP contribution in [-0.2, 0) is 6.42 Å². The smallest absolute Gasteiger partial charge is 0.191 e. The number of imidazole rings is 1. The van der Waals surface area contributed by atoms with Crippen LogP contribution in [0.25, 0.3) is 5.65 Å². The molecular weight excluding hydrogens is 489 g/mol. The Morgan fingerprint density at radius 1 is 1.39 bits per heavy atom. The van der Waals surface area contributed by atoms with Crippen molar-refractivity contribution < 1.29 is 0 Å². The number of aryl methyl sites for hydroxylation is 1. The van der Waals surface area contributed by atoms with Crippen LogP contribution in [0.1, 0.15) is 11.3 Å². The van der Waals surface area contributed by atoms with Gasteiger partial charge in [0, 0.05) is 54.4 Å². The lowest BCUT2D eigenvalue weighted by atomic mass is 10.3. The fraction of sp³-hybridized carbons (Fsp3) is 0.467. The van der Waals surface area contributed by atoms with Gasteiger partial charge in [0.2, 0.25) is 0 Å². The van der Waals surface area contributed by atoms with Crippen molar-refractivity contribution in [2.75, 3.05) is 31.1 Å². The molecule has 2 aromatic rings. The van der Waals surface area contributed by atoms with Crippen LogP contribution in [-0.4, -0.2) is 51.4 Å². The zero-order valence-electron chi connectivity index (χ0n) is 13.0. The third-order valence-electron chi connectivity index (χ3n) is 3.73. The van der Waals surface area contributed by atoms with Gasteiger partial charge < -0.3 is 15.0 Å². The molecule has 2 N–H and O–H groups in total. The van der Waals surface area contributed by atoms with Crippen molar-refractivity contribution >= 4 is 63.3 Å². The largest absolute Gasteiger partial charge is 0.370 e. The van der Waals surface area contributed by atoms with E-state index in [2.05, 4.69) is 54.4 Å². The van der Waals surface area contributed by atoms with E-state index in [1.165, 1.54) is 0 Å². The number of rotatable bonds is 3. The molecule has 1 aliphatic rings. The fourth-order valence-corrected chi connectivity index (χ4v) is 4.04. The number of thioether (sulfide) groups is 1. The first kappa shape index (κ1) is 18.9. The van der Waals surface area contributed by atoms with Gasteiger partial charge in [-0.05, 0) is 34.5 Å². The highest BCUT2D eigenvalue weighted by Crippen LogP contribution is 2.17. The van der Waals surface area contributed by atoms with Crippen molar-refractivity contribution in [2.24, 2.45) is 10.7 Å². The van der Waals surface area contributed by atoms with Crippen LogP contribution in [0.15, 0.2) is 27.9 Å². The van der Waals surface area contributed by atoms with Crippen LogP contribution in [0.4, 0.5) is 0 Å². The predicted molar refractivity (Wildman–Crippen MR) is 112 cm³/mol. The van der Waals surface area contributed by atoms with Gasteiger partial charge in [0.05, 0.1) is 5.69 Å². The maximum Gasteiger partial charge on any atom is 0.191 e. The normalized spacial score (nSPS) is 15.7. The molecule has 0 atom stereocenters. The van der Waals surface area contributed by atoms with E-state index >= 15 is 0 Å². The Labute approximate surface area is 166 Å². The molecule has 8 heteroatoms. The first-order valence-corrected chi connectivity index (χ1v) is 9.34. The Morgan fingerprint density at radius 3 is 2.87 bits per heavy atom. The summed E-state index contributed by atoms with van der Waals surface area (Å²) in [5, 5.41) is 0. The number of hydrogen-bond donors (Lipinski definition) is 1. The van der Waals surface area contributed by atoms with Crippen molar-refractivity contribution in [3.05, 3.63) is 34.2 Å². The van der Waals surface area contributed by atoms with Gasteiger partial charge in [-0.2, -0.15) is 11.8 Å². The molecule has 0 aromatic carbocycles. The van der Waals surface area contributed by atoms with Gasteiger partial charge >= 0.3 is 0 Å². The van der Waals surface area contributed by atoms with Crippen LogP contribution in [0.3, 0.4) is 0 Å². The molecule has 0 saturated carbocycles. The number of nitrogens with two attached hydrogens (primary N) is 1. The third-order valence-corrected chi connectivity index (χ3v) is 5.10. The number of fused-ring (bicyclic) bond motifs is 1. The van der Waals surface area contributed by atoms with Gasteiger partial charge in [-0.15, -0.1) is 24.0 Å². The molecular formula is C15H21BrIN5S. The van der Waals surface area contributed by atoms with Crippen molar-refractivity contribution in [3.8, 4) is 0 Å².